The topological polar surface area (TPSA) is 25.8 Å². The Morgan fingerprint density at radius 3 is 2.88 bits per heavy atom. The number of aryl methyl sites for hydroxylation is 1. The van der Waals surface area contributed by atoms with Crippen molar-refractivity contribution < 1.29 is 0 Å². The highest BCUT2D eigenvalue weighted by molar-refractivity contribution is 8.03. The first kappa shape index (κ1) is 10.9. The molecule has 0 N–H and O–H groups in total. The first-order chi connectivity index (χ1) is 7.74. The molecule has 0 radical (unpaired) electrons. The molecule has 0 saturated heterocycles. The minimum atomic E-state index is 0.775. The summed E-state index contributed by atoms with van der Waals surface area (Å²) in [5, 5.41) is 0.775. The van der Waals surface area contributed by atoms with Crippen molar-refractivity contribution in [3.63, 3.8) is 0 Å². The smallest absolute Gasteiger partial charge is 0.192 e. The summed E-state index contributed by atoms with van der Waals surface area (Å²) < 4.78 is 0. The maximum absolute atomic E-state index is 4.35. The zero-order valence-corrected chi connectivity index (χ0v) is 10.1. The van der Waals surface area contributed by atoms with Gasteiger partial charge < -0.3 is 0 Å². The molecule has 1 aliphatic rings. The van der Waals surface area contributed by atoms with E-state index in [1.165, 1.54) is 5.57 Å². The lowest BCUT2D eigenvalue weighted by molar-refractivity contribution is 0.935. The van der Waals surface area contributed by atoms with Crippen molar-refractivity contribution >= 4 is 11.8 Å². The second kappa shape index (κ2) is 4.97. The van der Waals surface area contributed by atoms with Gasteiger partial charge in [0.1, 0.15) is 0 Å². The van der Waals surface area contributed by atoms with Gasteiger partial charge in [0.2, 0.25) is 0 Å². The molecule has 0 aliphatic heterocycles. The molecule has 80 valence electrons. The van der Waals surface area contributed by atoms with E-state index in [-0.39, 0.29) is 0 Å². The van der Waals surface area contributed by atoms with Gasteiger partial charge in [0.25, 0.3) is 0 Å². The molecular weight excluding hydrogens is 216 g/mol. The Kier molecular flexibility index (Phi) is 3.40. The number of thioether (sulfide) groups is 1. The molecule has 0 aromatic carbocycles. The predicted octanol–water partition coefficient (Wildman–Crippen LogP) is 3.43. The van der Waals surface area contributed by atoms with Gasteiger partial charge in [-0.15, -0.1) is 5.73 Å². The van der Waals surface area contributed by atoms with E-state index in [2.05, 4.69) is 27.9 Å². The lowest BCUT2D eigenvalue weighted by Crippen LogP contribution is -1.87. The maximum Gasteiger partial charge on any atom is 0.192 e. The molecule has 1 aromatic rings. The van der Waals surface area contributed by atoms with Gasteiger partial charge in [-0.25, -0.2) is 9.97 Å². The highest BCUT2D eigenvalue weighted by atomic mass is 32.2. The molecule has 0 fully saturated rings. The minimum Gasteiger partial charge on any atom is -0.231 e. The zero-order valence-electron chi connectivity index (χ0n) is 9.27. The largest absolute Gasteiger partial charge is 0.231 e. The van der Waals surface area contributed by atoms with Crippen molar-refractivity contribution in [2.24, 2.45) is 0 Å². The van der Waals surface area contributed by atoms with Crippen molar-refractivity contribution in [3.05, 3.63) is 58.5 Å². The third-order valence-corrected chi connectivity index (χ3v) is 2.90. The van der Waals surface area contributed by atoms with E-state index >= 15 is 0 Å². The third kappa shape index (κ3) is 2.96. The summed E-state index contributed by atoms with van der Waals surface area (Å²) >= 11 is 1.55. The van der Waals surface area contributed by atoms with Crippen molar-refractivity contribution in [3.8, 4) is 0 Å². The highest BCUT2D eigenvalue weighted by Crippen LogP contribution is 2.25. The van der Waals surface area contributed by atoms with Crippen LogP contribution in [0.5, 0.6) is 0 Å². The Morgan fingerprint density at radius 2 is 2.06 bits per heavy atom. The van der Waals surface area contributed by atoms with Crippen LogP contribution in [0, 0.1) is 6.92 Å². The van der Waals surface area contributed by atoms with E-state index in [4.69, 9.17) is 0 Å². The molecule has 0 saturated carbocycles. The number of rotatable bonds is 2. The molecule has 0 spiro atoms. The van der Waals surface area contributed by atoms with Crippen LogP contribution in [0.25, 0.3) is 0 Å². The van der Waals surface area contributed by atoms with Gasteiger partial charge in [-0.05, 0) is 55.5 Å². The molecule has 3 heteroatoms. The summed E-state index contributed by atoms with van der Waals surface area (Å²) in [6, 6.07) is 1.89. The van der Waals surface area contributed by atoms with E-state index in [9.17, 15) is 0 Å². The van der Waals surface area contributed by atoms with E-state index in [0.717, 1.165) is 15.8 Å². The minimum absolute atomic E-state index is 0.775. The van der Waals surface area contributed by atoms with Crippen LogP contribution in [0.1, 0.15) is 12.6 Å². The molecule has 1 aliphatic carbocycles. The molecule has 1 heterocycles. The van der Waals surface area contributed by atoms with Crippen LogP contribution in [0.4, 0.5) is 0 Å². The number of hydrogen-bond donors (Lipinski definition) is 0. The normalized spacial score (nSPS) is 14.4. The summed E-state index contributed by atoms with van der Waals surface area (Å²) in [5.74, 6) is 0. The number of hydrogen-bond acceptors (Lipinski definition) is 3. The van der Waals surface area contributed by atoms with Crippen LogP contribution in [0.2, 0.25) is 0 Å². The molecule has 0 unspecified atom stereocenters. The fourth-order valence-corrected chi connectivity index (χ4v) is 1.99. The van der Waals surface area contributed by atoms with Crippen LogP contribution >= 0.6 is 11.8 Å². The van der Waals surface area contributed by atoms with Gasteiger partial charge in [0.05, 0.1) is 0 Å². The van der Waals surface area contributed by atoms with Crippen molar-refractivity contribution in [2.45, 2.75) is 19.0 Å². The SMILES string of the molecule is CC1=CC=C(Sc2nccc(C)n2)C=C=C1. The summed E-state index contributed by atoms with van der Waals surface area (Å²) in [7, 11) is 0. The Bertz CT molecular complexity index is 520. The van der Waals surface area contributed by atoms with Crippen molar-refractivity contribution in [1.82, 2.24) is 9.97 Å². The molecule has 0 atom stereocenters. The Hall–Kier alpha value is -1.57. The standard InChI is InChI=1S/C13H12N2S/c1-10-4-3-5-12(7-6-10)16-13-14-9-8-11(2)15-13/h4-9H,1-2H3. The quantitative estimate of drug-likeness (QED) is 0.573. The highest BCUT2D eigenvalue weighted by Gasteiger charge is 2.01. The van der Waals surface area contributed by atoms with Gasteiger partial charge in [-0.2, -0.15) is 0 Å². The molecule has 2 nitrogen and oxygen atoms in total. The number of allylic oxidation sites excluding steroid dienone is 4. The molecule has 16 heavy (non-hydrogen) atoms. The Morgan fingerprint density at radius 1 is 1.19 bits per heavy atom. The van der Waals surface area contributed by atoms with Crippen molar-refractivity contribution in [1.29, 1.82) is 0 Å². The molecular formula is C13H12N2S. The first-order valence-corrected chi connectivity index (χ1v) is 5.84. The van der Waals surface area contributed by atoms with Crippen LogP contribution in [0.3, 0.4) is 0 Å². The van der Waals surface area contributed by atoms with Gasteiger partial charge in [-0.1, -0.05) is 6.08 Å². The van der Waals surface area contributed by atoms with Gasteiger partial charge in [0.15, 0.2) is 5.16 Å². The van der Waals surface area contributed by atoms with Gasteiger partial charge in [-0.3, -0.25) is 0 Å². The van der Waals surface area contributed by atoms with Gasteiger partial charge >= 0.3 is 0 Å². The van der Waals surface area contributed by atoms with E-state index in [1.807, 2.05) is 32.1 Å². The van der Waals surface area contributed by atoms with E-state index < -0.39 is 0 Å². The molecule has 0 amide bonds. The third-order valence-electron chi connectivity index (χ3n) is 2.03. The summed E-state index contributed by atoms with van der Waals surface area (Å²) in [6.45, 7) is 4.01. The average Bonchev–Trinajstić information content (AvgIpc) is 2.44. The molecule has 0 bridgehead atoms. The van der Waals surface area contributed by atoms with E-state index in [1.54, 1.807) is 18.0 Å². The van der Waals surface area contributed by atoms with Crippen LogP contribution in [-0.2, 0) is 0 Å². The average molecular weight is 228 g/mol. The fraction of sp³-hybridized carbons (Fsp3) is 0.154. The summed E-state index contributed by atoms with van der Waals surface area (Å²) in [5.41, 5.74) is 5.29. The lowest BCUT2D eigenvalue weighted by atomic mass is 10.3. The summed E-state index contributed by atoms with van der Waals surface area (Å²) in [6.07, 6.45) is 9.81. The molecule has 2 rings (SSSR count). The second-order valence-electron chi connectivity index (χ2n) is 3.52. The first-order valence-electron chi connectivity index (χ1n) is 5.02. The van der Waals surface area contributed by atoms with Crippen molar-refractivity contribution in [2.75, 3.05) is 0 Å². The Labute approximate surface area is 99.5 Å². The van der Waals surface area contributed by atoms with Gasteiger partial charge in [0, 0.05) is 16.8 Å². The van der Waals surface area contributed by atoms with Crippen LogP contribution in [0.15, 0.2) is 57.9 Å². The lowest BCUT2D eigenvalue weighted by Gasteiger charge is -1.99. The molecule has 1 aromatic heterocycles. The second-order valence-corrected chi connectivity index (χ2v) is 4.56. The monoisotopic (exact) mass is 228 g/mol. The Balaban J connectivity index is 2.20. The fourth-order valence-electron chi connectivity index (χ4n) is 1.21. The van der Waals surface area contributed by atoms with Crippen LogP contribution < -0.4 is 0 Å². The van der Waals surface area contributed by atoms with Crippen LogP contribution in [-0.4, -0.2) is 9.97 Å². The maximum atomic E-state index is 4.35. The summed E-state index contributed by atoms with van der Waals surface area (Å²) in [4.78, 5) is 9.66. The zero-order chi connectivity index (χ0) is 11.4. The van der Waals surface area contributed by atoms with E-state index in [0.29, 0.717) is 0 Å². The number of aromatic nitrogens is 2. The predicted molar refractivity (Wildman–Crippen MR) is 67.1 cm³/mol. The number of nitrogens with zero attached hydrogens (tertiary/aromatic N) is 2.